The van der Waals surface area contributed by atoms with Gasteiger partial charge in [0.2, 0.25) is 0 Å². The normalized spacial score (nSPS) is 12.7. The van der Waals surface area contributed by atoms with Crippen molar-refractivity contribution in [2.24, 2.45) is 35.5 Å². The molecule has 8 N–H and O–H groups in total. The maximum atomic E-state index is 12.0. The summed E-state index contributed by atoms with van der Waals surface area (Å²) in [5.74, 6) is 1.95. The molecule has 0 radical (unpaired) electrons. The van der Waals surface area contributed by atoms with Gasteiger partial charge in [-0.3, -0.25) is 0 Å². The standard InChI is InChI=1S/C20H30O4.2C19H28O4.C19H28O3.C18H26O4.C18H26O3/c1-5-7-8-16(6-2)14-24-20(22)11-15(3)17-9-10-18(13-21)19(12-17)23-4;1-4-6-7-15(5-2)14-23-19(21)11-9-16-8-10-17(13-20)18(12-16)22-3;1-4-6-7-15(5-2)13-23-19(22)10-14(3)16-8-9-17(12-20)18(21)11-16;1-4-6-7-16(5-2)14-22-19(21)12-15(3)18-10-8-17(13-20)9-11-18;1-3-5-6-14(4-2)13-22-18(21)10-8-15-7-9-16(12-19)17(20)11-15;1-3-5-6-15(4-2)14-21-18(20)12-11-16-7-9-17(13-19)10-8-16/h9-12,16,21H,5-8,13-14H2,1-4H3;8-12,15,20H,4-7,13-14H2,1-3H3;8-11,15,20-21H,4-7,12-13H2,1-3H3;8-12,16,20H,4-7,13-14H2,1-3H3;7-11,14,19-20H,3-6,12-13H2,1-2H3;7-12,15,19H,3-6,13-14H2,1-2H3/b15-11+;11-9+;14-10+;15-12+;10-8+;12-11+. The van der Waals surface area contributed by atoms with Crippen molar-refractivity contribution < 1.29 is 108 Å². The zero-order valence-electron chi connectivity index (χ0n) is 84.5. The number of rotatable bonds is 56. The molecule has 0 saturated carbocycles. The Bertz CT molecular complexity index is 4440. The van der Waals surface area contributed by atoms with Crippen LogP contribution >= 0.6 is 0 Å². The number of ether oxygens (including phenoxy) is 8. The number of carbonyl (C=O) groups is 6. The molecule has 135 heavy (non-hydrogen) atoms. The van der Waals surface area contributed by atoms with E-state index in [0.29, 0.717) is 109 Å². The maximum absolute atomic E-state index is 12.0. The van der Waals surface area contributed by atoms with E-state index >= 15 is 0 Å². The summed E-state index contributed by atoms with van der Waals surface area (Å²) in [6.45, 7) is 33.6. The fraction of sp³-hybridized carbons (Fsp3) is 0.522. The number of phenols is 2. The summed E-state index contributed by atoms with van der Waals surface area (Å²) in [4.78, 5) is 71.1. The molecule has 6 rings (SSSR count). The van der Waals surface area contributed by atoms with Gasteiger partial charge >= 0.3 is 35.8 Å². The Hall–Kier alpha value is -10.5. The van der Waals surface area contributed by atoms with Crippen LogP contribution in [0.4, 0.5) is 0 Å². The van der Waals surface area contributed by atoms with E-state index in [0.717, 1.165) is 177 Å². The molecule has 0 bridgehead atoms. The average Bonchev–Trinajstić information content (AvgIpc) is 0.867. The Labute approximate surface area is 808 Å². The number of benzene rings is 6. The summed E-state index contributed by atoms with van der Waals surface area (Å²) in [7, 11) is 3.12. The van der Waals surface area contributed by atoms with E-state index in [1.807, 2.05) is 80.6 Å². The maximum Gasteiger partial charge on any atom is 0.331 e. The van der Waals surface area contributed by atoms with Gasteiger partial charge in [0, 0.05) is 58.7 Å². The van der Waals surface area contributed by atoms with Crippen LogP contribution in [-0.4, -0.2) is 131 Å². The van der Waals surface area contributed by atoms with Crippen molar-refractivity contribution in [3.8, 4) is 23.0 Å². The molecule has 0 aliphatic heterocycles. The summed E-state index contributed by atoms with van der Waals surface area (Å²) in [6, 6.07) is 35.6. The molecule has 0 saturated heterocycles. The van der Waals surface area contributed by atoms with Gasteiger partial charge in [-0.15, -0.1) is 0 Å². The second-order valence-corrected chi connectivity index (χ2v) is 34.0. The van der Waals surface area contributed by atoms with Crippen LogP contribution in [0, 0.1) is 35.5 Å². The van der Waals surface area contributed by atoms with Crippen molar-refractivity contribution >= 4 is 70.8 Å². The van der Waals surface area contributed by atoms with E-state index < -0.39 is 0 Å². The van der Waals surface area contributed by atoms with Crippen molar-refractivity contribution in [3.05, 3.63) is 225 Å². The highest BCUT2D eigenvalue weighted by molar-refractivity contribution is 5.93. The van der Waals surface area contributed by atoms with Gasteiger partial charge in [-0.05, 0) is 199 Å². The Kier molecular flexibility index (Phi) is 69.6. The first-order chi connectivity index (χ1) is 65.1. The van der Waals surface area contributed by atoms with Crippen LogP contribution in [0.15, 0.2) is 158 Å². The van der Waals surface area contributed by atoms with Crippen LogP contribution in [0.3, 0.4) is 0 Å². The third-order valence-electron chi connectivity index (χ3n) is 23.4. The third kappa shape index (κ3) is 54.8. The zero-order valence-corrected chi connectivity index (χ0v) is 84.5. The molecule has 0 spiro atoms. The number of hydrogen-bond donors (Lipinski definition) is 8. The van der Waals surface area contributed by atoms with Gasteiger partial charge in [0.25, 0.3) is 0 Å². The van der Waals surface area contributed by atoms with Gasteiger partial charge in [-0.2, -0.15) is 0 Å². The molecule has 6 atom stereocenters. The number of aliphatic hydroxyl groups excluding tert-OH is 6. The molecule has 0 fully saturated rings. The minimum absolute atomic E-state index is 0.0172. The topological polar surface area (TPSA) is 338 Å². The number of unbranched alkanes of at least 4 members (excludes halogenated alkanes) is 6. The second-order valence-electron chi connectivity index (χ2n) is 34.0. The number of carbonyl (C=O) groups excluding carboxylic acids is 6. The summed E-state index contributed by atoms with van der Waals surface area (Å²) in [6.07, 6.45) is 40.5. The molecule has 750 valence electrons. The average molecular weight is 1880 g/mol. The largest absolute Gasteiger partial charge is 0.508 e. The summed E-state index contributed by atoms with van der Waals surface area (Å²) < 4.78 is 42.5. The monoisotopic (exact) mass is 1880 g/mol. The first-order valence-corrected chi connectivity index (χ1v) is 49.0. The van der Waals surface area contributed by atoms with E-state index in [4.69, 9.17) is 58.3 Å². The van der Waals surface area contributed by atoms with E-state index in [-0.39, 0.29) is 87.0 Å². The predicted octanol–water partition coefficient (Wildman–Crippen LogP) is 24.3. The summed E-state index contributed by atoms with van der Waals surface area (Å²) in [5.41, 5.74) is 11.5. The van der Waals surface area contributed by atoms with Gasteiger partial charge in [0.05, 0.1) is 93.5 Å². The molecule has 22 heteroatoms. The molecule has 6 aromatic carbocycles. The number of esters is 6. The van der Waals surface area contributed by atoms with E-state index in [1.54, 1.807) is 94.0 Å². The fourth-order valence-corrected chi connectivity index (χ4v) is 13.6. The smallest absolute Gasteiger partial charge is 0.331 e. The lowest BCUT2D eigenvalue weighted by Crippen LogP contribution is -2.12. The summed E-state index contributed by atoms with van der Waals surface area (Å²) in [5, 5.41) is 73.9. The molecule has 0 amide bonds. The summed E-state index contributed by atoms with van der Waals surface area (Å²) >= 11 is 0. The Morgan fingerprint density at radius 1 is 0.281 bits per heavy atom. The van der Waals surface area contributed by atoms with Crippen molar-refractivity contribution in [2.75, 3.05) is 53.9 Å². The second kappa shape index (κ2) is 76.7. The predicted molar refractivity (Wildman–Crippen MR) is 544 cm³/mol. The van der Waals surface area contributed by atoms with Gasteiger partial charge in [0.1, 0.15) is 23.0 Å². The molecule has 0 aliphatic rings. The molecule has 0 heterocycles. The minimum Gasteiger partial charge on any atom is -0.508 e. The van der Waals surface area contributed by atoms with Gasteiger partial charge in [0.15, 0.2) is 0 Å². The molecule has 22 nitrogen and oxygen atoms in total. The fourth-order valence-electron chi connectivity index (χ4n) is 13.6. The third-order valence-corrected chi connectivity index (χ3v) is 23.4. The first-order valence-electron chi connectivity index (χ1n) is 49.0. The van der Waals surface area contributed by atoms with Crippen molar-refractivity contribution in [2.45, 2.75) is 298 Å². The zero-order chi connectivity index (χ0) is 101. The molecule has 6 aromatic rings. The Morgan fingerprint density at radius 2 is 0.526 bits per heavy atom. The molecular weight excluding hydrogens is 1710 g/mol. The molecular formula is C113H166O22. The van der Waals surface area contributed by atoms with Crippen molar-refractivity contribution in [1.29, 1.82) is 0 Å². The lowest BCUT2D eigenvalue weighted by molar-refractivity contribution is -0.140. The highest BCUT2D eigenvalue weighted by atomic mass is 16.6. The molecule has 0 aromatic heterocycles. The van der Waals surface area contributed by atoms with Gasteiger partial charge in [-0.25, -0.2) is 28.8 Å². The highest BCUT2D eigenvalue weighted by Crippen LogP contribution is 2.29. The van der Waals surface area contributed by atoms with Crippen LogP contribution in [0.1, 0.15) is 325 Å². The number of aliphatic hydroxyl groups is 6. The lowest BCUT2D eigenvalue weighted by atomic mass is 10.0. The van der Waals surface area contributed by atoms with Crippen LogP contribution in [0.5, 0.6) is 23.0 Å². The molecule has 6 unspecified atom stereocenters. The minimum atomic E-state index is -0.374. The number of aromatic hydroxyl groups is 2. The van der Waals surface area contributed by atoms with E-state index in [2.05, 4.69) is 83.1 Å². The number of methoxy groups -OCH3 is 2. The van der Waals surface area contributed by atoms with Crippen LogP contribution < -0.4 is 9.47 Å². The first kappa shape index (κ1) is 123. The Morgan fingerprint density at radius 3 is 0.815 bits per heavy atom. The Balaban J connectivity index is 0.000000810. The van der Waals surface area contributed by atoms with Crippen molar-refractivity contribution in [1.82, 2.24) is 0 Å². The van der Waals surface area contributed by atoms with Gasteiger partial charge < -0.3 is 78.7 Å². The lowest BCUT2D eigenvalue weighted by Gasteiger charge is -2.14. The highest BCUT2D eigenvalue weighted by Gasteiger charge is 2.18. The van der Waals surface area contributed by atoms with E-state index in [1.165, 1.54) is 75.0 Å². The number of allylic oxidation sites excluding steroid dienone is 3. The van der Waals surface area contributed by atoms with Crippen molar-refractivity contribution in [3.63, 3.8) is 0 Å². The SMILES string of the molecule is CCCCC(CC)COC(=O)/C=C(\C)c1ccc(CO)c(O)c1.CCCCC(CC)COC(=O)/C=C(\C)c1ccc(CO)c(OC)c1.CCCCC(CC)COC(=O)/C=C(\C)c1ccc(CO)cc1.CCCCC(CC)COC(=O)/C=C/c1ccc(CO)c(O)c1.CCCCC(CC)COC(=O)/C=C/c1ccc(CO)c(OC)c1.CCCCC(CC)COC(=O)/C=C/c1ccc(CO)cc1. The quantitative estimate of drug-likeness (QED) is 0.00999. The number of hydrogen-bond acceptors (Lipinski definition) is 22. The van der Waals surface area contributed by atoms with Crippen LogP contribution in [-0.2, 0) is 96.8 Å². The van der Waals surface area contributed by atoms with Crippen LogP contribution in [0.2, 0.25) is 0 Å². The van der Waals surface area contributed by atoms with E-state index in [9.17, 15) is 49.2 Å². The van der Waals surface area contributed by atoms with Crippen LogP contribution in [0.25, 0.3) is 34.9 Å². The molecule has 0 aliphatic carbocycles. The van der Waals surface area contributed by atoms with Gasteiger partial charge in [-0.1, -0.05) is 296 Å².